The summed E-state index contributed by atoms with van der Waals surface area (Å²) in [6.45, 7) is 4.65. The minimum atomic E-state index is -4.43. The van der Waals surface area contributed by atoms with Gasteiger partial charge in [-0.2, -0.15) is 23.5 Å². The largest absolute Gasteiger partial charge is 0.416 e. The molecule has 2 atom stereocenters. The smallest absolute Gasteiger partial charge is 0.331 e. The van der Waals surface area contributed by atoms with Gasteiger partial charge < -0.3 is 9.80 Å². The van der Waals surface area contributed by atoms with Crippen LogP contribution in [0.1, 0.15) is 68.7 Å². The lowest BCUT2D eigenvalue weighted by atomic mass is 9.96. The summed E-state index contributed by atoms with van der Waals surface area (Å²) < 4.78 is 40.6. The number of carbonyl (C=O) groups is 2. The first-order valence-electron chi connectivity index (χ1n) is 12.1. The summed E-state index contributed by atoms with van der Waals surface area (Å²) in [4.78, 5) is 30.3. The summed E-state index contributed by atoms with van der Waals surface area (Å²) in [7, 11) is 0. The maximum atomic E-state index is 13.7. The summed E-state index contributed by atoms with van der Waals surface area (Å²) in [5, 5.41) is 14.2. The zero-order valence-corrected chi connectivity index (χ0v) is 21.3. The third kappa shape index (κ3) is 4.41. The van der Waals surface area contributed by atoms with E-state index in [1.54, 1.807) is 27.5 Å². The minimum Gasteiger partial charge on any atom is -0.331 e. The van der Waals surface area contributed by atoms with Gasteiger partial charge in [-0.05, 0) is 49.7 Å². The van der Waals surface area contributed by atoms with Gasteiger partial charge in [-0.3, -0.25) is 14.3 Å². The third-order valence-electron chi connectivity index (χ3n) is 7.28. The second-order valence-corrected chi connectivity index (χ2v) is 9.99. The van der Waals surface area contributed by atoms with E-state index >= 15 is 0 Å². The number of carbonyl (C=O) groups excluding carboxylic acids is 2. The molecule has 2 aliphatic heterocycles. The Labute approximate surface area is 222 Å². The predicted molar refractivity (Wildman–Crippen MR) is 132 cm³/mol. The number of aromatic nitrogens is 2. The van der Waals surface area contributed by atoms with Crippen LogP contribution < -0.4 is 0 Å². The summed E-state index contributed by atoms with van der Waals surface area (Å²) >= 11 is 6.02. The van der Waals surface area contributed by atoms with Crippen LogP contribution in [0.3, 0.4) is 0 Å². The number of benzene rings is 2. The lowest BCUT2D eigenvalue weighted by molar-refractivity contribution is -0.137. The summed E-state index contributed by atoms with van der Waals surface area (Å²) in [6.07, 6.45) is -3.97. The molecule has 0 N–H and O–H groups in total. The van der Waals surface area contributed by atoms with E-state index in [-0.39, 0.29) is 35.0 Å². The van der Waals surface area contributed by atoms with Crippen LogP contribution >= 0.6 is 11.6 Å². The van der Waals surface area contributed by atoms with Gasteiger partial charge in [-0.15, -0.1) is 0 Å². The van der Waals surface area contributed by atoms with E-state index in [0.29, 0.717) is 41.9 Å². The number of halogens is 4. The fraction of sp³-hybridized carbons (Fsp3) is 0.333. The molecule has 0 radical (unpaired) electrons. The molecule has 5 rings (SSSR count). The van der Waals surface area contributed by atoms with Crippen molar-refractivity contribution >= 4 is 23.4 Å². The molecule has 0 fully saturated rings. The zero-order chi connectivity index (χ0) is 27.4. The molecule has 2 aliphatic rings. The molecular formula is C27H23ClF3N5O2. The average molecular weight is 542 g/mol. The number of nitriles is 1. The molecule has 2 aromatic carbocycles. The van der Waals surface area contributed by atoms with E-state index < -0.39 is 17.8 Å². The van der Waals surface area contributed by atoms with E-state index in [1.165, 1.54) is 24.3 Å². The van der Waals surface area contributed by atoms with Crippen LogP contribution in [0.15, 0.2) is 42.5 Å². The lowest BCUT2D eigenvalue weighted by Crippen LogP contribution is -2.44. The van der Waals surface area contributed by atoms with Crippen molar-refractivity contribution in [1.29, 1.82) is 5.26 Å². The first-order chi connectivity index (χ1) is 18.0. The fourth-order valence-corrected chi connectivity index (χ4v) is 5.28. The number of hydrogen-bond donors (Lipinski definition) is 0. The van der Waals surface area contributed by atoms with Crippen molar-refractivity contribution in [2.45, 2.75) is 51.6 Å². The number of hydrogen-bond acceptors (Lipinski definition) is 4. The van der Waals surface area contributed by atoms with Crippen LogP contribution in [0.5, 0.6) is 0 Å². The van der Waals surface area contributed by atoms with Crippen molar-refractivity contribution < 1.29 is 22.8 Å². The highest BCUT2D eigenvalue weighted by atomic mass is 35.5. The second-order valence-electron chi connectivity index (χ2n) is 9.58. The van der Waals surface area contributed by atoms with Crippen molar-refractivity contribution in [3.63, 3.8) is 0 Å². The van der Waals surface area contributed by atoms with Gasteiger partial charge >= 0.3 is 6.18 Å². The van der Waals surface area contributed by atoms with E-state index in [2.05, 4.69) is 5.10 Å². The first-order valence-corrected chi connectivity index (χ1v) is 12.4. The van der Waals surface area contributed by atoms with Gasteiger partial charge in [0.1, 0.15) is 11.8 Å². The summed E-state index contributed by atoms with van der Waals surface area (Å²) in [5.74, 6) is -0.563. The normalized spacial score (nSPS) is 18.0. The third-order valence-corrected chi connectivity index (χ3v) is 7.61. The summed E-state index contributed by atoms with van der Waals surface area (Å²) in [6, 6.07) is 10.7. The Morgan fingerprint density at radius 1 is 1.18 bits per heavy atom. The van der Waals surface area contributed by atoms with Crippen LogP contribution in [0, 0.1) is 11.3 Å². The van der Waals surface area contributed by atoms with Gasteiger partial charge in [-0.1, -0.05) is 23.7 Å². The molecule has 3 heterocycles. The molecule has 38 heavy (non-hydrogen) atoms. The SMILES string of the molecule is CC(c1ccc(C(F)(F)F)cc1)N1CCn2nc3c(c2C1=O)CN(C(=O)c1ccc(Cl)c(C#N)c1)[C@H](C)C3. The molecule has 196 valence electrons. The van der Waals surface area contributed by atoms with Crippen molar-refractivity contribution in [2.75, 3.05) is 6.54 Å². The Morgan fingerprint density at radius 2 is 1.89 bits per heavy atom. The maximum Gasteiger partial charge on any atom is 0.416 e. The molecule has 0 saturated heterocycles. The average Bonchev–Trinajstić information content (AvgIpc) is 3.25. The Balaban J connectivity index is 1.42. The molecule has 0 bridgehead atoms. The summed E-state index contributed by atoms with van der Waals surface area (Å²) in [5.41, 5.74) is 2.19. The number of nitrogens with zero attached hydrogens (tertiary/aromatic N) is 5. The van der Waals surface area contributed by atoms with E-state index in [1.807, 2.05) is 13.0 Å². The molecular weight excluding hydrogens is 519 g/mol. The minimum absolute atomic E-state index is 0.170. The molecule has 3 aromatic rings. The quantitative estimate of drug-likeness (QED) is 0.454. The highest BCUT2D eigenvalue weighted by Gasteiger charge is 2.39. The van der Waals surface area contributed by atoms with Crippen molar-refractivity contribution in [1.82, 2.24) is 19.6 Å². The van der Waals surface area contributed by atoms with Gasteiger partial charge in [0.05, 0.1) is 41.0 Å². The fourth-order valence-electron chi connectivity index (χ4n) is 5.12. The number of amides is 2. The Hall–Kier alpha value is -3.84. The molecule has 0 aliphatic carbocycles. The molecule has 1 aromatic heterocycles. The van der Waals surface area contributed by atoms with Gasteiger partial charge in [0.25, 0.3) is 11.8 Å². The molecule has 7 nitrogen and oxygen atoms in total. The monoisotopic (exact) mass is 541 g/mol. The van der Waals surface area contributed by atoms with Crippen LogP contribution in [0.25, 0.3) is 0 Å². The van der Waals surface area contributed by atoms with Crippen LogP contribution in [0.2, 0.25) is 5.02 Å². The lowest BCUT2D eigenvalue weighted by Gasteiger charge is -2.35. The predicted octanol–water partition coefficient (Wildman–Crippen LogP) is 5.23. The van der Waals surface area contributed by atoms with Gasteiger partial charge in [-0.25, -0.2) is 0 Å². The van der Waals surface area contributed by atoms with E-state index in [0.717, 1.165) is 17.8 Å². The Morgan fingerprint density at radius 3 is 2.55 bits per heavy atom. The first kappa shape index (κ1) is 25.8. The van der Waals surface area contributed by atoms with Gasteiger partial charge in [0, 0.05) is 30.1 Å². The highest BCUT2D eigenvalue weighted by molar-refractivity contribution is 6.31. The molecule has 0 saturated carbocycles. The second kappa shape index (κ2) is 9.48. The van der Waals surface area contributed by atoms with Crippen molar-refractivity contribution in [2.24, 2.45) is 0 Å². The molecule has 0 spiro atoms. The molecule has 1 unspecified atom stereocenters. The van der Waals surface area contributed by atoms with Crippen LogP contribution in [-0.4, -0.2) is 44.0 Å². The van der Waals surface area contributed by atoms with Crippen LogP contribution in [0.4, 0.5) is 13.2 Å². The number of rotatable bonds is 3. The maximum absolute atomic E-state index is 13.7. The number of fused-ring (bicyclic) bond motifs is 3. The number of alkyl halides is 3. The standard InChI is InChI=1S/C27H23ClF3N5O2/c1-15-11-23-21(14-35(15)25(37)18-5-8-22(28)19(12-18)13-32)24-26(38)34(9-10-36(24)33-23)16(2)17-3-6-20(7-4-17)27(29,30)31/h3-8,12,15-16H,9-11,14H2,1-2H3/t15-,16?/m1/s1. The Kier molecular flexibility index (Phi) is 6.43. The molecule has 11 heteroatoms. The molecule has 2 amide bonds. The van der Waals surface area contributed by atoms with E-state index in [4.69, 9.17) is 11.6 Å². The van der Waals surface area contributed by atoms with Crippen molar-refractivity contribution in [3.05, 3.63) is 86.7 Å². The van der Waals surface area contributed by atoms with Crippen molar-refractivity contribution in [3.8, 4) is 6.07 Å². The van der Waals surface area contributed by atoms with Crippen LogP contribution in [-0.2, 0) is 25.7 Å². The van der Waals surface area contributed by atoms with Gasteiger partial charge in [0.15, 0.2) is 0 Å². The Bertz CT molecular complexity index is 1480. The van der Waals surface area contributed by atoms with E-state index in [9.17, 15) is 28.0 Å². The topological polar surface area (TPSA) is 82.2 Å². The zero-order valence-electron chi connectivity index (χ0n) is 20.6. The van der Waals surface area contributed by atoms with Gasteiger partial charge in [0.2, 0.25) is 0 Å². The highest BCUT2D eigenvalue weighted by Crippen LogP contribution is 2.34.